The third-order valence-corrected chi connectivity index (χ3v) is 3.51. The summed E-state index contributed by atoms with van der Waals surface area (Å²) in [6.07, 6.45) is 2.96. The Hall–Kier alpha value is -3.09. The first-order chi connectivity index (χ1) is 12.1. The molecule has 5 nitrogen and oxygen atoms in total. The quantitative estimate of drug-likeness (QED) is 0.585. The van der Waals surface area contributed by atoms with Crippen LogP contribution in [0.5, 0.6) is 23.0 Å². The van der Waals surface area contributed by atoms with Crippen molar-refractivity contribution in [2.24, 2.45) is 0 Å². The summed E-state index contributed by atoms with van der Waals surface area (Å²) in [7, 11) is 1.31. The third kappa shape index (κ3) is 3.71. The van der Waals surface area contributed by atoms with Gasteiger partial charge in [-0.2, -0.15) is 8.78 Å². The molecule has 0 saturated carbocycles. The number of hydrogen-bond acceptors (Lipinski definition) is 5. The Morgan fingerprint density at radius 2 is 2.04 bits per heavy atom. The summed E-state index contributed by atoms with van der Waals surface area (Å²) in [6.45, 7) is -2.84. The zero-order valence-corrected chi connectivity index (χ0v) is 13.2. The van der Waals surface area contributed by atoms with E-state index in [1.807, 2.05) is 0 Å². The van der Waals surface area contributed by atoms with Gasteiger partial charge in [0.1, 0.15) is 0 Å². The van der Waals surface area contributed by atoms with Crippen molar-refractivity contribution in [1.29, 1.82) is 0 Å². The predicted octanol–water partition coefficient (Wildman–Crippen LogP) is 3.92. The summed E-state index contributed by atoms with van der Waals surface area (Å²) in [4.78, 5) is 12.3. The van der Waals surface area contributed by atoms with Gasteiger partial charge in [0, 0.05) is 11.1 Å². The molecule has 0 saturated heterocycles. The minimum Gasteiger partial charge on any atom is -0.493 e. The number of methoxy groups -OCH3 is 1. The van der Waals surface area contributed by atoms with Crippen LogP contribution in [-0.2, 0) is 0 Å². The Balaban J connectivity index is 1.81. The highest BCUT2D eigenvalue weighted by molar-refractivity contribution is 6.07. The van der Waals surface area contributed by atoms with Crippen molar-refractivity contribution in [3.63, 3.8) is 0 Å². The highest BCUT2D eigenvalue weighted by Crippen LogP contribution is 2.36. The number of ether oxygens (including phenoxy) is 4. The lowest BCUT2D eigenvalue weighted by atomic mass is 10.1. The summed E-state index contributed by atoms with van der Waals surface area (Å²) in [5, 5.41) is 0. The molecule has 130 valence electrons. The van der Waals surface area contributed by atoms with Crippen LogP contribution in [0.25, 0.3) is 6.08 Å². The van der Waals surface area contributed by atoms with Gasteiger partial charge in [-0.25, -0.2) is 0 Å². The predicted molar refractivity (Wildman–Crippen MR) is 85.6 cm³/mol. The van der Waals surface area contributed by atoms with Gasteiger partial charge >= 0.3 is 6.61 Å². The minimum absolute atomic E-state index is 0.0527. The topological polar surface area (TPSA) is 54.0 Å². The molecule has 1 heterocycles. The van der Waals surface area contributed by atoms with E-state index in [9.17, 15) is 13.6 Å². The first-order valence-corrected chi connectivity index (χ1v) is 7.32. The Labute approximate surface area is 142 Å². The number of carbonyl (C=O) groups is 1. The van der Waals surface area contributed by atoms with Crippen LogP contribution in [0.1, 0.15) is 15.9 Å². The van der Waals surface area contributed by atoms with Gasteiger partial charge < -0.3 is 18.9 Å². The molecule has 2 aromatic carbocycles. The number of hydrogen-bond donors (Lipinski definition) is 0. The van der Waals surface area contributed by atoms with Crippen LogP contribution in [0.2, 0.25) is 0 Å². The fraction of sp³-hybridized carbons (Fsp3) is 0.167. The first kappa shape index (κ1) is 16.8. The molecule has 0 spiro atoms. The fourth-order valence-corrected chi connectivity index (χ4v) is 2.36. The van der Waals surface area contributed by atoms with Gasteiger partial charge in [-0.3, -0.25) is 4.79 Å². The average Bonchev–Trinajstić information content (AvgIpc) is 3.08. The molecule has 0 amide bonds. The van der Waals surface area contributed by atoms with Crippen LogP contribution >= 0.6 is 0 Å². The highest BCUT2D eigenvalue weighted by Gasteiger charge is 2.16. The smallest absolute Gasteiger partial charge is 0.387 e. The van der Waals surface area contributed by atoms with E-state index in [2.05, 4.69) is 4.74 Å². The highest BCUT2D eigenvalue weighted by atomic mass is 19.3. The van der Waals surface area contributed by atoms with Gasteiger partial charge in [0.15, 0.2) is 28.8 Å². The summed E-state index contributed by atoms with van der Waals surface area (Å²) in [5.41, 5.74) is 0.979. The Kier molecular flexibility index (Phi) is 4.83. The molecule has 0 aromatic heterocycles. The lowest BCUT2D eigenvalue weighted by Gasteiger charge is -2.10. The maximum absolute atomic E-state index is 12.3. The number of halogens is 2. The molecule has 0 bridgehead atoms. The zero-order valence-electron chi connectivity index (χ0n) is 13.2. The molecule has 0 N–H and O–H groups in total. The molecule has 0 radical (unpaired) electrons. The van der Waals surface area contributed by atoms with Crippen molar-refractivity contribution in [2.75, 3.05) is 13.9 Å². The van der Waals surface area contributed by atoms with Gasteiger partial charge in [-0.1, -0.05) is 12.1 Å². The monoisotopic (exact) mass is 348 g/mol. The standard InChI is InChI=1S/C18H14F2O5/c1-22-16-9-12(6-8-14(16)25-18(19)20)13(21)7-5-11-3-2-4-15-17(11)24-10-23-15/h2-9,18H,10H2,1H3. The van der Waals surface area contributed by atoms with Crippen LogP contribution in [-0.4, -0.2) is 26.3 Å². The summed E-state index contributed by atoms with van der Waals surface area (Å²) in [5.74, 6) is 0.786. The average molecular weight is 348 g/mol. The molecule has 0 fully saturated rings. The van der Waals surface area contributed by atoms with E-state index >= 15 is 0 Å². The number of carbonyl (C=O) groups excluding carboxylic acids is 1. The second-order valence-corrected chi connectivity index (χ2v) is 5.02. The Morgan fingerprint density at radius 1 is 1.20 bits per heavy atom. The van der Waals surface area contributed by atoms with Gasteiger partial charge in [0.2, 0.25) is 6.79 Å². The van der Waals surface area contributed by atoms with Crippen LogP contribution < -0.4 is 18.9 Å². The number of benzene rings is 2. The SMILES string of the molecule is COc1cc(C(=O)C=Cc2cccc3c2OCO3)ccc1OC(F)F. The lowest BCUT2D eigenvalue weighted by molar-refractivity contribution is -0.0512. The van der Waals surface area contributed by atoms with Gasteiger partial charge in [-0.15, -0.1) is 0 Å². The summed E-state index contributed by atoms with van der Waals surface area (Å²) in [6, 6.07) is 9.35. The van der Waals surface area contributed by atoms with Crippen molar-refractivity contribution < 1.29 is 32.5 Å². The molecule has 0 atom stereocenters. The molecular weight excluding hydrogens is 334 g/mol. The number of rotatable bonds is 6. The van der Waals surface area contributed by atoms with E-state index < -0.39 is 6.61 Å². The van der Waals surface area contributed by atoms with Crippen molar-refractivity contribution in [2.45, 2.75) is 6.61 Å². The lowest BCUT2D eigenvalue weighted by Crippen LogP contribution is -2.04. The van der Waals surface area contributed by atoms with Gasteiger partial charge in [0.25, 0.3) is 0 Å². The molecule has 1 aliphatic heterocycles. The number of ketones is 1. The van der Waals surface area contributed by atoms with Crippen molar-refractivity contribution >= 4 is 11.9 Å². The molecule has 0 aliphatic carbocycles. The maximum atomic E-state index is 12.3. The van der Waals surface area contributed by atoms with E-state index in [-0.39, 0.29) is 29.6 Å². The van der Waals surface area contributed by atoms with Crippen LogP contribution in [0.15, 0.2) is 42.5 Å². The first-order valence-electron chi connectivity index (χ1n) is 7.32. The molecular formula is C18H14F2O5. The van der Waals surface area contributed by atoms with E-state index in [4.69, 9.17) is 14.2 Å². The molecule has 2 aromatic rings. The van der Waals surface area contributed by atoms with E-state index in [1.165, 1.54) is 31.4 Å². The van der Waals surface area contributed by atoms with E-state index in [0.717, 1.165) is 0 Å². The zero-order chi connectivity index (χ0) is 17.8. The number of allylic oxidation sites excluding steroid dienone is 1. The van der Waals surface area contributed by atoms with Gasteiger partial charge in [0.05, 0.1) is 7.11 Å². The number of fused-ring (bicyclic) bond motifs is 1. The summed E-state index contributed by atoms with van der Waals surface area (Å²) < 4.78 is 44.6. The molecule has 25 heavy (non-hydrogen) atoms. The van der Waals surface area contributed by atoms with Crippen molar-refractivity contribution in [3.8, 4) is 23.0 Å². The van der Waals surface area contributed by atoms with Gasteiger partial charge in [-0.05, 0) is 36.4 Å². The molecule has 3 rings (SSSR count). The summed E-state index contributed by atoms with van der Waals surface area (Å²) >= 11 is 0. The van der Waals surface area contributed by atoms with E-state index in [1.54, 1.807) is 24.3 Å². The van der Waals surface area contributed by atoms with E-state index in [0.29, 0.717) is 17.1 Å². The van der Waals surface area contributed by atoms with Crippen LogP contribution in [0, 0.1) is 0 Å². The van der Waals surface area contributed by atoms with Crippen molar-refractivity contribution in [3.05, 3.63) is 53.6 Å². The van der Waals surface area contributed by atoms with Crippen molar-refractivity contribution in [1.82, 2.24) is 0 Å². The fourth-order valence-electron chi connectivity index (χ4n) is 2.36. The normalized spacial score (nSPS) is 12.6. The minimum atomic E-state index is -2.97. The maximum Gasteiger partial charge on any atom is 0.387 e. The van der Waals surface area contributed by atoms with Crippen LogP contribution in [0.4, 0.5) is 8.78 Å². The molecule has 0 unspecified atom stereocenters. The second-order valence-electron chi connectivity index (χ2n) is 5.02. The number of alkyl halides is 2. The second kappa shape index (κ2) is 7.21. The van der Waals surface area contributed by atoms with Crippen LogP contribution in [0.3, 0.4) is 0 Å². The number of para-hydroxylation sites is 1. The Bertz CT molecular complexity index is 817. The largest absolute Gasteiger partial charge is 0.493 e. The Morgan fingerprint density at radius 3 is 2.80 bits per heavy atom. The molecule has 1 aliphatic rings. The third-order valence-electron chi connectivity index (χ3n) is 3.51. The molecule has 7 heteroatoms.